The molecule has 3 nitrogen and oxygen atoms in total. The van der Waals surface area contributed by atoms with Gasteiger partial charge in [-0.05, 0) is 37.6 Å². The molecule has 2 rings (SSSR count). The van der Waals surface area contributed by atoms with E-state index >= 15 is 0 Å². The zero-order valence-corrected chi connectivity index (χ0v) is 11.2. The fourth-order valence-electron chi connectivity index (χ4n) is 3.16. The van der Waals surface area contributed by atoms with Crippen molar-refractivity contribution in [3.05, 3.63) is 0 Å². The van der Waals surface area contributed by atoms with Crippen molar-refractivity contribution in [1.29, 1.82) is 0 Å². The highest BCUT2D eigenvalue weighted by atomic mass is 16.2. The molecule has 1 atom stereocenters. The maximum atomic E-state index is 11.7. The largest absolute Gasteiger partial charge is 0.344 e. The zero-order chi connectivity index (χ0) is 12.3. The van der Waals surface area contributed by atoms with E-state index in [2.05, 4.69) is 12.2 Å². The van der Waals surface area contributed by atoms with Gasteiger partial charge in [0.15, 0.2) is 0 Å². The highest BCUT2D eigenvalue weighted by Crippen LogP contribution is 2.30. The smallest absolute Gasteiger partial charge is 0.239 e. The minimum Gasteiger partial charge on any atom is -0.344 e. The first kappa shape index (κ1) is 12.9. The van der Waals surface area contributed by atoms with Gasteiger partial charge in [0, 0.05) is 13.6 Å². The molecule has 1 amide bonds. The molecule has 1 saturated heterocycles. The fraction of sp³-hybridized carbons (Fsp3) is 0.929. The Kier molecular flexibility index (Phi) is 4.43. The molecule has 2 aliphatic rings. The van der Waals surface area contributed by atoms with Crippen LogP contribution in [-0.4, -0.2) is 37.0 Å². The van der Waals surface area contributed by atoms with Gasteiger partial charge in [0.2, 0.25) is 5.91 Å². The molecule has 0 aromatic carbocycles. The number of nitrogens with one attached hydrogen (secondary N) is 1. The van der Waals surface area contributed by atoms with Gasteiger partial charge in [0.1, 0.15) is 0 Å². The Hall–Kier alpha value is -0.570. The Morgan fingerprint density at radius 2 is 1.82 bits per heavy atom. The van der Waals surface area contributed by atoms with Gasteiger partial charge >= 0.3 is 0 Å². The molecule has 1 saturated carbocycles. The molecule has 3 heteroatoms. The first-order valence-electron chi connectivity index (χ1n) is 7.19. The number of carbonyl (C=O) groups is 1. The van der Waals surface area contributed by atoms with Crippen LogP contribution in [0.15, 0.2) is 0 Å². The summed E-state index contributed by atoms with van der Waals surface area (Å²) < 4.78 is 0. The second kappa shape index (κ2) is 5.85. The van der Waals surface area contributed by atoms with Crippen molar-refractivity contribution >= 4 is 5.91 Å². The second-order valence-electron chi connectivity index (χ2n) is 5.80. The molecule has 0 aromatic rings. The predicted octanol–water partition coefficient (Wildman–Crippen LogP) is 2.02. The van der Waals surface area contributed by atoms with Gasteiger partial charge in [0.25, 0.3) is 0 Å². The highest BCUT2D eigenvalue weighted by Gasteiger charge is 2.29. The van der Waals surface area contributed by atoms with E-state index in [9.17, 15) is 4.79 Å². The fourth-order valence-corrected chi connectivity index (χ4v) is 3.16. The number of nitrogens with zero attached hydrogens (tertiary/aromatic N) is 1. The maximum absolute atomic E-state index is 11.7. The van der Waals surface area contributed by atoms with Gasteiger partial charge in [-0.3, -0.25) is 4.79 Å². The van der Waals surface area contributed by atoms with E-state index in [1.807, 2.05) is 11.9 Å². The molecule has 1 aliphatic carbocycles. The molecule has 1 heterocycles. The van der Waals surface area contributed by atoms with E-state index in [0.29, 0.717) is 0 Å². The number of rotatable bonds is 4. The molecule has 98 valence electrons. The Morgan fingerprint density at radius 3 is 2.35 bits per heavy atom. The van der Waals surface area contributed by atoms with Gasteiger partial charge < -0.3 is 10.2 Å². The third-order valence-electron chi connectivity index (χ3n) is 4.62. The third-order valence-corrected chi connectivity index (χ3v) is 4.62. The van der Waals surface area contributed by atoms with Crippen LogP contribution in [0.25, 0.3) is 0 Å². The van der Waals surface area contributed by atoms with Crippen LogP contribution in [-0.2, 0) is 4.79 Å². The van der Waals surface area contributed by atoms with Crippen molar-refractivity contribution in [3.63, 3.8) is 0 Å². The molecule has 0 spiro atoms. The topological polar surface area (TPSA) is 32.3 Å². The minimum atomic E-state index is 0.101. The summed E-state index contributed by atoms with van der Waals surface area (Å²) in [5.74, 6) is 2.05. The van der Waals surface area contributed by atoms with Crippen LogP contribution in [0.5, 0.6) is 0 Å². The molecule has 0 radical (unpaired) electrons. The summed E-state index contributed by atoms with van der Waals surface area (Å²) in [5.41, 5.74) is 0. The average molecular weight is 238 g/mol. The van der Waals surface area contributed by atoms with Crippen LogP contribution in [0.1, 0.15) is 45.4 Å². The van der Waals surface area contributed by atoms with Gasteiger partial charge in [-0.1, -0.05) is 26.2 Å². The molecular formula is C14H26N2O. The quantitative estimate of drug-likeness (QED) is 0.812. The van der Waals surface area contributed by atoms with E-state index in [1.54, 1.807) is 0 Å². The summed E-state index contributed by atoms with van der Waals surface area (Å²) in [4.78, 5) is 13.6. The number of hydrogen-bond acceptors (Lipinski definition) is 2. The Bertz CT molecular complexity index is 259. The Balaban J connectivity index is 1.67. The molecule has 1 unspecified atom stereocenters. The summed E-state index contributed by atoms with van der Waals surface area (Å²) >= 11 is 0. The maximum Gasteiger partial charge on any atom is 0.239 e. The summed E-state index contributed by atoms with van der Waals surface area (Å²) in [6.07, 6.45) is 7.80. The summed E-state index contributed by atoms with van der Waals surface area (Å²) in [6.45, 7) is 4.26. The molecule has 0 bridgehead atoms. The average Bonchev–Trinajstić information content (AvgIpc) is 2.68. The van der Waals surface area contributed by atoms with Crippen molar-refractivity contribution in [2.24, 2.45) is 11.8 Å². The third kappa shape index (κ3) is 3.21. The summed E-state index contributed by atoms with van der Waals surface area (Å²) in [7, 11) is 1.90. The number of amides is 1. The van der Waals surface area contributed by atoms with E-state index in [4.69, 9.17) is 0 Å². The van der Waals surface area contributed by atoms with Crippen molar-refractivity contribution < 1.29 is 4.79 Å². The lowest BCUT2D eigenvalue weighted by Gasteiger charge is -2.28. The standard InChI is InChI=1S/C14H26N2O/c1-3-11-4-6-12(7-5-11)10-15-13-8-9-16(2)14(13)17/h11-13,15H,3-10H2,1-2H3. The van der Waals surface area contributed by atoms with Crippen LogP contribution in [0, 0.1) is 11.8 Å². The number of likely N-dealkylation sites (tertiary alicyclic amines) is 1. The first-order valence-corrected chi connectivity index (χ1v) is 7.19. The van der Waals surface area contributed by atoms with E-state index in [0.717, 1.165) is 31.3 Å². The van der Waals surface area contributed by atoms with Gasteiger partial charge in [-0.25, -0.2) is 0 Å². The van der Waals surface area contributed by atoms with Crippen LogP contribution >= 0.6 is 0 Å². The normalized spacial score (nSPS) is 34.4. The van der Waals surface area contributed by atoms with Crippen LogP contribution in [0.2, 0.25) is 0 Å². The number of likely N-dealkylation sites (N-methyl/N-ethyl adjacent to an activating group) is 1. The lowest BCUT2D eigenvalue weighted by Crippen LogP contribution is -2.40. The molecule has 2 fully saturated rings. The Morgan fingerprint density at radius 1 is 1.18 bits per heavy atom. The zero-order valence-electron chi connectivity index (χ0n) is 11.2. The van der Waals surface area contributed by atoms with Gasteiger partial charge in [-0.2, -0.15) is 0 Å². The lowest BCUT2D eigenvalue weighted by atomic mass is 9.81. The SMILES string of the molecule is CCC1CCC(CNC2CCN(C)C2=O)CC1. The molecule has 0 aromatic heterocycles. The molecular weight excluding hydrogens is 212 g/mol. The van der Waals surface area contributed by atoms with Crippen molar-refractivity contribution in [2.45, 2.75) is 51.5 Å². The second-order valence-corrected chi connectivity index (χ2v) is 5.80. The van der Waals surface area contributed by atoms with Crippen LogP contribution < -0.4 is 5.32 Å². The Labute approximate surface area is 105 Å². The van der Waals surface area contributed by atoms with Crippen molar-refractivity contribution in [1.82, 2.24) is 10.2 Å². The van der Waals surface area contributed by atoms with Crippen LogP contribution in [0.4, 0.5) is 0 Å². The van der Waals surface area contributed by atoms with Gasteiger partial charge in [0.05, 0.1) is 6.04 Å². The van der Waals surface area contributed by atoms with Crippen molar-refractivity contribution in [2.75, 3.05) is 20.1 Å². The number of hydrogen-bond donors (Lipinski definition) is 1. The van der Waals surface area contributed by atoms with Gasteiger partial charge in [-0.15, -0.1) is 0 Å². The molecule has 17 heavy (non-hydrogen) atoms. The highest BCUT2D eigenvalue weighted by molar-refractivity contribution is 5.83. The minimum absolute atomic E-state index is 0.101. The predicted molar refractivity (Wildman–Crippen MR) is 69.8 cm³/mol. The number of carbonyl (C=O) groups excluding carboxylic acids is 1. The first-order chi connectivity index (χ1) is 8.20. The lowest BCUT2D eigenvalue weighted by molar-refractivity contribution is -0.128. The van der Waals surface area contributed by atoms with E-state index in [-0.39, 0.29) is 11.9 Å². The van der Waals surface area contributed by atoms with E-state index in [1.165, 1.54) is 32.1 Å². The monoisotopic (exact) mass is 238 g/mol. The molecule has 1 N–H and O–H groups in total. The van der Waals surface area contributed by atoms with Crippen molar-refractivity contribution in [3.8, 4) is 0 Å². The summed E-state index contributed by atoms with van der Waals surface area (Å²) in [5, 5.41) is 3.47. The van der Waals surface area contributed by atoms with Crippen LogP contribution in [0.3, 0.4) is 0 Å². The van der Waals surface area contributed by atoms with E-state index < -0.39 is 0 Å². The molecule has 1 aliphatic heterocycles. The summed E-state index contributed by atoms with van der Waals surface area (Å²) in [6, 6.07) is 0.101.